The number of halogens is 1. The Kier molecular flexibility index (Phi) is 6.88. The molecule has 0 radical (unpaired) electrons. The second-order valence-corrected chi connectivity index (χ2v) is 7.84. The number of para-hydroxylation sites is 2. The molecule has 0 saturated heterocycles. The second kappa shape index (κ2) is 10.2. The van der Waals surface area contributed by atoms with E-state index in [4.69, 9.17) is 21.1 Å². The van der Waals surface area contributed by atoms with E-state index in [1.54, 1.807) is 60.3 Å². The fourth-order valence-electron chi connectivity index (χ4n) is 2.80. The van der Waals surface area contributed by atoms with Crippen LogP contribution in [0.25, 0.3) is 5.69 Å². The largest absolute Gasteiger partial charge is 0.494 e. The number of anilines is 1. The predicted molar refractivity (Wildman–Crippen MR) is 123 cm³/mol. The van der Waals surface area contributed by atoms with E-state index in [0.717, 1.165) is 0 Å². The quantitative estimate of drug-likeness (QED) is 0.370. The molecule has 0 unspecified atom stereocenters. The predicted octanol–water partition coefficient (Wildman–Crippen LogP) is 4.85. The number of tetrazole rings is 1. The summed E-state index contributed by atoms with van der Waals surface area (Å²) < 4.78 is 12.7. The minimum absolute atomic E-state index is 0.137. The van der Waals surface area contributed by atoms with E-state index in [9.17, 15) is 4.79 Å². The molecule has 0 fully saturated rings. The Morgan fingerprint density at radius 3 is 2.44 bits per heavy atom. The van der Waals surface area contributed by atoms with Gasteiger partial charge >= 0.3 is 0 Å². The maximum atomic E-state index is 12.4. The minimum atomic E-state index is -0.184. The van der Waals surface area contributed by atoms with Gasteiger partial charge in [-0.05, 0) is 71.1 Å². The highest BCUT2D eigenvalue weighted by Crippen LogP contribution is 2.26. The van der Waals surface area contributed by atoms with Crippen molar-refractivity contribution < 1.29 is 14.3 Å². The Bertz CT molecular complexity index is 1200. The highest BCUT2D eigenvalue weighted by Gasteiger charge is 2.14. The highest BCUT2D eigenvalue weighted by atomic mass is 35.5. The first-order valence-corrected chi connectivity index (χ1v) is 10.9. The molecule has 0 aliphatic rings. The zero-order chi connectivity index (χ0) is 22.3. The molecule has 3 aromatic carbocycles. The van der Waals surface area contributed by atoms with Crippen molar-refractivity contribution in [1.82, 2.24) is 20.2 Å². The van der Waals surface area contributed by atoms with Gasteiger partial charge in [0.05, 0.1) is 12.9 Å². The molecule has 0 atom stereocenters. The third-order valence-electron chi connectivity index (χ3n) is 4.27. The number of hydrogen-bond donors (Lipinski definition) is 1. The SMILES string of the molecule is COc1ccccc1-n1nnnc1SCC(=O)Nc1ccc(Oc2ccc(Cl)cc2)cc1. The number of carbonyl (C=O) groups excluding carboxylic acids is 1. The number of methoxy groups -OCH3 is 1. The summed E-state index contributed by atoms with van der Waals surface area (Å²) in [6.07, 6.45) is 0. The Balaban J connectivity index is 1.34. The van der Waals surface area contributed by atoms with E-state index in [1.165, 1.54) is 11.8 Å². The van der Waals surface area contributed by atoms with Crippen LogP contribution >= 0.6 is 23.4 Å². The summed E-state index contributed by atoms with van der Waals surface area (Å²) in [7, 11) is 1.58. The molecule has 0 spiro atoms. The molecule has 0 bridgehead atoms. The Morgan fingerprint density at radius 1 is 1.03 bits per heavy atom. The van der Waals surface area contributed by atoms with Crippen molar-refractivity contribution in [3.8, 4) is 22.9 Å². The van der Waals surface area contributed by atoms with E-state index in [2.05, 4.69) is 20.8 Å². The van der Waals surface area contributed by atoms with E-state index < -0.39 is 0 Å². The summed E-state index contributed by atoms with van der Waals surface area (Å²) in [6.45, 7) is 0. The van der Waals surface area contributed by atoms with E-state index in [0.29, 0.717) is 38.8 Å². The minimum Gasteiger partial charge on any atom is -0.494 e. The van der Waals surface area contributed by atoms with Crippen LogP contribution in [0.4, 0.5) is 5.69 Å². The zero-order valence-electron chi connectivity index (χ0n) is 16.9. The van der Waals surface area contributed by atoms with Crippen molar-refractivity contribution in [2.24, 2.45) is 0 Å². The number of amides is 1. The van der Waals surface area contributed by atoms with E-state index in [-0.39, 0.29) is 11.7 Å². The molecule has 1 N–H and O–H groups in total. The fraction of sp³-hybridized carbons (Fsp3) is 0.0909. The van der Waals surface area contributed by atoms with Crippen LogP contribution in [-0.2, 0) is 4.79 Å². The number of nitrogens with zero attached hydrogens (tertiary/aromatic N) is 4. The van der Waals surface area contributed by atoms with Gasteiger partial charge in [-0.2, -0.15) is 4.68 Å². The van der Waals surface area contributed by atoms with Gasteiger partial charge < -0.3 is 14.8 Å². The monoisotopic (exact) mass is 467 g/mol. The van der Waals surface area contributed by atoms with Crippen LogP contribution in [0.5, 0.6) is 17.2 Å². The molecular weight excluding hydrogens is 450 g/mol. The van der Waals surface area contributed by atoms with Gasteiger partial charge in [0.1, 0.15) is 22.9 Å². The highest BCUT2D eigenvalue weighted by molar-refractivity contribution is 7.99. The van der Waals surface area contributed by atoms with E-state index >= 15 is 0 Å². The van der Waals surface area contributed by atoms with Crippen LogP contribution in [0.1, 0.15) is 0 Å². The second-order valence-electron chi connectivity index (χ2n) is 6.46. The lowest BCUT2D eigenvalue weighted by Crippen LogP contribution is -2.14. The molecule has 0 aliphatic heterocycles. The molecular formula is C22H18ClN5O3S. The van der Waals surface area contributed by atoms with Gasteiger partial charge in [0.15, 0.2) is 0 Å². The average molecular weight is 468 g/mol. The smallest absolute Gasteiger partial charge is 0.234 e. The first kappa shape index (κ1) is 21.7. The molecule has 4 rings (SSSR count). The normalized spacial score (nSPS) is 10.6. The molecule has 162 valence electrons. The maximum absolute atomic E-state index is 12.4. The number of aromatic nitrogens is 4. The Hall–Kier alpha value is -3.56. The number of carbonyl (C=O) groups is 1. The molecule has 4 aromatic rings. The summed E-state index contributed by atoms with van der Waals surface area (Å²) in [5, 5.41) is 15.7. The number of nitrogens with one attached hydrogen (secondary N) is 1. The summed E-state index contributed by atoms with van der Waals surface area (Å²) >= 11 is 7.11. The van der Waals surface area contributed by atoms with Crippen molar-refractivity contribution in [3.05, 3.63) is 77.8 Å². The molecule has 1 aromatic heterocycles. The number of hydrogen-bond acceptors (Lipinski definition) is 7. The van der Waals surface area contributed by atoms with Crippen molar-refractivity contribution in [3.63, 3.8) is 0 Å². The molecule has 0 saturated carbocycles. The van der Waals surface area contributed by atoms with Crippen molar-refractivity contribution in [2.45, 2.75) is 5.16 Å². The Labute approximate surface area is 193 Å². The van der Waals surface area contributed by atoms with Gasteiger partial charge in [-0.25, -0.2) is 0 Å². The maximum Gasteiger partial charge on any atom is 0.234 e. The molecule has 8 nitrogen and oxygen atoms in total. The lowest BCUT2D eigenvalue weighted by molar-refractivity contribution is -0.113. The fourth-order valence-corrected chi connectivity index (χ4v) is 3.61. The van der Waals surface area contributed by atoms with E-state index in [1.807, 2.05) is 24.3 Å². The number of thioether (sulfide) groups is 1. The van der Waals surface area contributed by atoms with Gasteiger partial charge in [0.2, 0.25) is 11.1 Å². The van der Waals surface area contributed by atoms with Gasteiger partial charge in [-0.3, -0.25) is 4.79 Å². The van der Waals surface area contributed by atoms with Crippen molar-refractivity contribution in [1.29, 1.82) is 0 Å². The third kappa shape index (κ3) is 5.37. The van der Waals surface area contributed by atoms with Crippen LogP contribution in [0.15, 0.2) is 78.0 Å². The standard InChI is InChI=1S/C22H18ClN5O3S/c1-30-20-5-3-2-4-19(20)28-22(25-26-27-28)32-14-21(29)24-16-8-12-18(13-9-16)31-17-10-6-15(23)7-11-17/h2-13H,14H2,1H3,(H,24,29). The Morgan fingerprint density at radius 2 is 1.72 bits per heavy atom. The molecule has 0 aliphatic carbocycles. The summed E-state index contributed by atoms with van der Waals surface area (Å²) in [6, 6.07) is 21.6. The van der Waals surface area contributed by atoms with Gasteiger partial charge in [-0.1, -0.05) is 35.5 Å². The summed E-state index contributed by atoms with van der Waals surface area (Å²) in [4.78, 5) is 12.4. The molecule has 1 heterocycles. The van der Waals surface area contributed by atoms with Gasteiger partial charge in [0.25, 0.3) is 0 Å². The van der Waals surface area contributed by atoms with Crippen LogP contribution in [0.3, 0.4) is 0 Å². The topological polar surface area (TPSA) is 91.2 Å². The first-order valence-electron chi connectivity index (χ1n) is 9.50. The average Bonchev–Trinajstić information content (AvgIpc) is 3.29. The van der Waals surface area contributed by atoms with Crippen LogP contribution < -0.4 is 14.8 Å². The van der Waals surface area contributed by atoms with Gasteiger partial charge in [0, 0.05) is 10.7 Å². The third-order valence-corrected chi connectivity index (χ3v) is 5.45. The zero-order valence-corrected chi connectivity index (χ0v) is 18.5. The summed E-state index contributed by atoms with van der Waals surface area (Å²) in [5.41, 5.74) is 1.35. The lowest BCUT2D eigenvalue weighted by atomic mass is 10.3. The summed E-state index contributed by atoms with van der Waals surface area (Å²) in [5.74, 6) is 1.91. The van der Waals surface area contributed by atoms with Crippen molar-refractivity contribution in [2.75, 3.05) is 18.2 Å². The van der Waals surface area contributed by atoms with Crippen molar-refractivity contribution >= 4 is 35.0 Å². The molecule has 1 amide bonds. The van der Waals surface area contributed by atoms with Crippen LogP contribution in [-0.4, -0.2) is 39.0 Å². The first-order chi connectivity index (χ1) is 15.6. The van der Waals surface area contributed by atoms with Crippen LogP contribution in [0.2, 0.25) is 5.02 Å². The number of rotatable bonds is 8. The molecule has 10 heteroatoms. The number of ether oxygens (including phenoxy) is 2. The molecule has 32 heavy (non-hydrogen) atoms. The van der Waals surface area contributed by atoms with Crippen LogP contribution in [0, 0.1) is 0 Å². The number of benzene rings is 3. The lowest BCUT2D eigenvalue weighted by Gasteiger charge is -2.09. The van der Waals surface area contributed by atoms with Gasteiger partial charge in [-0.15, -0.1) is 5.10 Å².